The third-order valence-electron chi connectivity index (χ3n) is 3.77. The highest BCUT2D eigenvalue weighted by Gasteiger charge is 2.24. The highest BCUT2D eigenvalue weighted by molar-refractivity contribution is 5.58. The van der Waals surface area contributed by atoms with Gasteiger partial charge < -0.3 is 15.1 Å². The fourth-order valence-electron chi connectivity index (χ4n) is 2.46. The summed E-state index contributed by atoms with van der Waals surface area (Å²) < 4.78 is 0. The Morgan fingerprint density at radius 2 is 2.17 bits per heavy atom. The van der Waals surface area contributed by atoms with Crippen molar-refractivity contribution < 1.29 is 0 Å². The Morgan fingerprint density at radius 3 is 2.78 bits per heavy atom. The van der Waals surface area contributed by atoms with Crippen molar-refractivity contribution in [2.75, 3.05) is 43.9 Å². The van der Waals surface area contributed by atoms with E-state index in [2.05, 4.69) is 46.0 Å². The first-order valence-corrected chi connectivity index (χ1v) is 6.64. The number of aromatic nitrogens is 2. The number of anilines is 2. The molecule has 2 rings (SSSR count). The fraction of sp³-hybridized carbons (Fsp3) is 0.692. The van der Waals surface area contributed by atoms with Crippen LogP contribution in [0.25, 0.3) is 0 Å². The lowest BCUT2D eigenvalue weighted by Gasteiger charge is -2.39. The van der Waals surface area contributed by atoms with Crippen LogP contribution in [0.1, 0.15) is 19.4 Å². The molecule has 0 spiro atoms. The maximum Gasteiger partial charge on any atom is 0.137 e. The van der Waals surface area contributed by atoms with Gasteiger partial charge in [-0.1, -0.05) is 6.92 Å². The van der Waals surface area contributed by atoms with E-state index in [4.69, 9.17) is 0 Å². The van der Waals surface area contributed by atoms with Crippen molar-refractivity contribution in [1.29, 1.82) is 0 Å². The SMILES string of the molecule is CCc1c(NC)ncnc1N1CCN(C)C(C)C1. The lowest BCUT2D eigenvalue weighted by Crippen LogP contribution is -2.50. The van der Waals surface area contributed by atoms with E-state index in [1.165, 1.54) is 5.56 Å². The Labute approximate surface area is 109 Å². The molecule has 1 N–H and O–H groups in total. The van der Waals surface area contributed by atoms with Gasteiger partial charge in [-0.3, -0.25) is 0 Å². The van der Waals surface area contributed by atoms with Crippen LogP contribution in [0.15, 0.2) is 6.33 Å². The number of nitrogens with one attached hydrogen (secondary N) is 1. The second-order valence-corrected chi connectivity index (χ2v) is 4.90. The zero-order valence-electron chi connectivity index (χ0n) is 11.8. The van der Waals surface area contributed by atoms with E-state index in [9.17, 15) is 0 Å². The first kappa shape index (κ1) is 13.1. The fourth-order valence-corrected chi connectivity index (χ4v) is 2.46. The molecule has 1 saturated heterocycles. The summed E-state index contributed by atoms with van der Waals surface area (Å²) in [4.78, 5) is 13.6. The van der Waals surface area contributed by atoms with Crippen molar-refractivity contribution >= 4 is 11.6 Å². The lowest BCUT2D eigenvalue weighted by atomic mass is 10.1. The van der Waals surface area contributed by atoms with Crippen LogP contribution in [0.3, 0.4) is 0 Å². The molecule has 0 saturated carbocycles. The standard InChI is InChI=1S/C13H23N5/c1-5-11-12(14-3)15-9-16-13(11)18-7-6-17(4)10(2)8-18/h9-10H,5-8H2,1-4H3,(H,14,15,16). The van der Waals surface area contributed by atoms with Crippen LogP contribution in [0, 0.1) is 0 Å². The van der Waals surface area contributed by atoms with Crippen LogP contribution >= 0.6 is 0 Å². The largest absolute Gasteiger partial charge is 0.373 e. The number of hydrogen-bond acceptors (Lipinski definition) is 5. The molecule has 2 heterocycles. The molecule has 1 aromatic heterocycles. The average molecular weight is 249 g/mol. The molecular formula is C13H23N5. The summed E-state index contributed by atoms with van der Waals surface area (Å²) >= 11 is 0. The Morgan fingerprint density at radius 1 is 1.39 bits per heavy atom. The lowest BCUT2D eigenvalue weighted by molar-refractivity contribution is 0.233. The van der Waals surface area contributed by atoms with E-state index in [1.54, 1.807) is 6.33 Å². The van der Waals surface area contributed by atoms with Crippen molar-refractivity contribution in [2.45, 2.75) is 26.3 Å². The molecule has 0 aromatic carbocycles. The van der Waals surface area contributed by atoms with Crippen LogP contribution in [0.5, 0.6) is 0 Å². The van der Waals surface area contributed by atoms with E-state index in [1.807, 2.05) is 7.05 Å². The third kappa shape index (κ3) is 2.41. The van der Waals surface area contributed by atoms with Crippen molar-refractivity contribution in [3.8, 4) is 0 Å². The minimum absolute atomic E-state index is 0.566. The third-order valence-corrected chi connectivity index (χ3v) is 3.77. The van der Waals surface area contributed by atoms with Gasteiger partial charge >= 0.3 is 0 Å². The molecule has 0 amide bonds. The van der Waals surface area contributed by atoms with Gasteiger partial charge in [-0.05, 0) is 20.4 Å². The van der Waals surface area contributed by atoms with Gasteiger partial charge in [0.15, 0.2) is 0 Å². The van der Waals surface area contributed by atoms with Crippen LogP contribution in [0.4, 0.5) is 11.6 Å². The number of rotatable bonds is 3. The molecule has 18 heavy (non-hydrogen) atoms. The Kier molecular flexibility index (Phi) is 4.01. The predicted molar refractivity (Wildman–Crippen MR) is 75.3 cm³/mol. The molecule has 1 atom stereocenters. The number of likely N-dealkylation sites (N-methyl/N-ethyl adjacent to an activating group) is 1. The van der Waals surface area contributed by atoms with Gasteiger partial charge in [0.2, 0.25) is 0 Å². The summed E-state index contributed by atoms with van der Waals surface area (Å²) in [6.45, 7) is 7.57. The van der Waals surface area contributed by atoms with E-state index in [-0.39, 0.29) is 0 Å². The van der Waals surface area contributed by atoms with Crippen LogP contribution in [0.2, 0.25) is 0 Å². The van der Waals surface area contributed by atoms with Gasteiger partial charge in [0.05, 0.1) is 0 Å². The molecule has 0 aliphatic carbocycles. The monoisotopic (exact) mass is 249 g/mol. The van der Waals surface area contributed by atoms with Crippen molar-refractivity contribution in [3.05, 3.63) is 11.9 Å². The highest BCUT2D eigenvalue weighted by atomic mass is 15.3. The highest BCUT2D eigenvalue weighted by Crippen LogP contribution is 2.25. The molecule has 1 aromatic rings. The molecule has 5 heteroatoms. The Balaban J connectivity index is 2.28. The molecule has 0 bridgehead atoms. The van der Waals surface area contributed by atoms with Crippen molar-refractivity contribution in [3.63, 3.8) is 0 Å². The van der Waals surface area contributed by atoms with Gasteiger partial charge in [-0.15, -0.1) is 0 Å². The number of hydrogen-bond donors (Lipinski definition) is 1. The quantitative estimate of drug-likeness (QED) is 0.872. The summed E-state index contributed by atoms with van der Waals surface area (Å²) in [6.07, 6.45) is 2.61. The smallest absolute Gasteiger partial charge is 0.137 e. The van der Waals surface area contributed by atoms with Gasteiger partial charge in [-0.2, -0.15) is 0 Å². The zero-order chi connectivity index (χ0) is 13.1. The van der Waals surface area contributed by atoms with E-state index in [0.717, 1.165) is 37.7 Å². The number of piperazine rings is 1. The van der Waals surface area contributed by atoms with Crippen molar-refractivity contribution in [2.24, 2.45) is 0 Å². The van der Waals surface area contributed by atoms with Crippen LogP contribution < -0.4 is 10.2 Å². The number of nitrogens with zero attached hydrogens (tertiary/aromatic N) is 4. The van der Waals surface area contributed by atoms with Crippen LogP contribution in [-0.2, 0) is 6.42 Å². The van der Waals surface area contributed by atoms with E-state index < -0.39 is 0 Å². The molecule has 5 nitrogen and oxygen atoms in total. The molecular weight excluding hydrogens is 226 g/mol. The summed E-state index contributed by atoms with van der Waals surface area (Å²) in [7, 11) is 4.10. The molecule has 0 radical (unpaired) electrons. The normalized spacial score (nSPS) is 21.1. The minimum Gasteiger partial charge on any atom is -0.373 e. The molecule has 1 fully saturated rings. The second kappa shape index (κ2) is 5.52. The molecule has 1 aliphatic heterocycles. The summed E-state index contributed by atoms with van der Waals surface area (Å²) in [6, 6.07) is 0.566. The van der Waals surface area contributed by atoms with Crippen LogP contribution in [-0.4, -0.2) is 54.6 Å². The van der Waals surface area contributed by atoms with E-state index in [0.29, 0.717) is 6.04 Å². The summed E-state index contributed by atoms with van der Waals surface area (Å²) in [5.74, 6) is 2.05. The Hall–Kier alpha value is -1.36. The average Bonchev–Trinajstić information content (AvgIpc) is 2.40. The second-order valence-electron chi connectivity index (χ2n) is 4.90. The maximum atomic E-state index is 4.50. The van der Waals surface area contributed by atoms with Crippen molar-refractivity contribution in [1.82, 2.24) is 14.9 Å². The van der Waals surface area contributed by atoms with Gasteiger partial charge in [-0.25, -0.2) is 9.97 Å². The Bertz CT molecular complexity index is 406. The molecule has 1 unspecified atom stereocenters. The first-order valence-electron chi connectivity index (χ1n) is 6.64. The first-order chi connectivity index (χ1) is 8.67. The molecule has 100 valence electrons. The summed E-state index contributed by atoms with van der Waals surface area (Å²) in [5.41, 5.74) is 1.22. The van der Waals surface area contributed by atoms with Gasteiger partial charge in [0.25, 0.3) is 0 Å². The van der Waals surface area contributed by atoms with Gasteiger partial charge in [0, 0.05) is 38.3 Å². The summed E-state index contributed by atoms with van der Waals surface area (Å²) in [5, 5.41) is 3.16. The maximum absolute atomic E-state index is 4.50. The zero-order valence-corrected chi connectivity index (χ0v) is 11.8. The van der Waals surface area contributed by atoms with Gasteiger partial charge in [0.1, 0.15) is 18.0 Å². The minimum atomic E-state index is 0.566. The predicted octanol–water partition coefficient (Wildman–Crippen LogP) is 1.22. The molecule has 1 aliphatic rings. The van der Waals surface area contributed by atoms with E-state index >= 15 is 0 Å². The topological polar surface area (TPSA) is 44.3 Å².